The number of carbonyl (C=O) groups excluding carboxylic acids is 2. The van der Waals surface area contributed by atoms with Crippen LogP contribution in [0.1, 0.15) is 46.0 Å². The van der Waals surface area contributed by atoms with Gasteiger partial charge in [-0.2, -0.15) is 0 Å². The number of hydrogen-bond donors (Lipinski definition) is 2. The van der Waals surface area contributed by atoms with E-state index >= 15 is 0 Å². The van der Waals surface area contributed by atoms with Gasteiger partial charge in [0.25, 0.3) is 0 Å². The lowest BCUT2D eigenvalue weighted by molar-refractivity contribution is -0.124. The Kier molecular flexibility index (Phi) is 7.53. The summed E-state index contributed by atoms with van der Waals surface area (Å²) in [7, 11) is 1.58. The molecule has 0 heterocycles. The number of benzene rings is 1. The molecule has 160 valence electrons. The summed E-state index contributed by atoms with van der Waals surface area (Å²) in [6.07, 6.45) is 6.17. The Morgan fingerprint density at radius 2 is 1.93 bits per heavy atom. The lowest BCUT2D eigenvalue weighted by Gasteiger charge is -2.29. The molecule has 0 spiro atoms. The standard InChI is InChI=1S/C23H35N3O3/c1-4-11-26(15-23(28)25-20-7-5-6-8-21(20)29-3)14-22(27)24-16(2)19-13-17-9-10-18(19)12-17/h5-8,16-19H,4,9-15H2,1-3H3,(H,24,27)(H,25,28). The van der Waals surface area contributed by atoms with Gasteiger partial charge < -0.3 is 15.4 Å². The van der Waals surface area contributed by atoms with Crippen LogP contribution in [0.15, 0.2) is 24.3 Å². The summed E-state index contributed by atoms with van der Waals surface area (Å²) in [5, 5.41) is 6.09. The SMILES string of the molecule is CCCN(CC(=O)Nc1ccccc1OC)CC(=O)NC(C)C1CC2CCC1C2. The Balaban J connectivity index is 1.49. The molecule has 2 saturated carbocycles. The van der Waals surface area contributed by atoms with Crippen molar-refractivity contribution in [2.75, 3.05) is 32.1 Å². The Bertz CT molecular complexity index is 708. The fourth-order valence-corrected chi connectivity index (χ4v) is 5.19. The van der Waals surface area contributed by atoms with E-state index in [9.17, 15) is 9.59 Å². The molecule has 2 bridgehead atoms. The highest BCUT2D eigenvalue weighted by Gasteiger charge is 2.42. The van der Waals surface area contributed by atoms with Gasteiger partial charge in [-0.05, 0) is 69.0 Å². The van der Waals surface area contributed by atoms with E-state index in [1.165, 1.54) is 25.7 Å². The third kappa shape index (κ3) is 5.72. The first-order valence-electron chi connectivity index (χ1n) is 10.9. The number of para-hydroxylation sites is 2. The number of hydrogen-bond acceptors (Lipinski definition) is 4. The van der Waals surface area contributed by atoms with Crippen LogP contribution in [0, 0.1) is 17.8 Å². The zero-order valence-corrected chi connectivity index (χ0v) is 17.9. The van der Waals surface area contributed by atoms with E-state index in [0.29, 0.717) is 23.9 Å². The van der Waals surface area contributed by atoms with Crippen molar-refractivity contribution in [3.63, 3.8) is 0 Å². The molecule has 2 aliphatic carbocycles. The van der Waals surface area contributed by atoms with E-state index in [-0.39, 0.29) is 30.9 Å². The molecule has 29 heavy (non-hydrogen) atoms. The van der Waals surface area contributed by atoms with Gasteiger partial charge in [0.15, 0.2) is 0 Å². The minimum atomic E-state index is -0.142. The topological polar surface area (TPSA) is 70.7 Å². The highest BCUT2D eigenvalue weighted by molar-refractivity contribution is 5.94. The van der Waals surface area contributed by atoms with Gasteiger partial charge in [0.05, 0.1) is 25.9 Å². The van der Waals surface area contributed by atoms with Crippen molar-refractivity contribution < 1.29 is 14.3 Å². The lowest BCUT2D eigenvalue weighted by atomic mass is 9.84. The third-order valence-corrected chi connectivity index (χ3v) is 6.48. The van der Waals surface area contributed by atoms with E-state index in [1.54, 1.807) is 7.11 Å². The molecule has 0 radical (unpaired) electrons. The second kappa shape index (κ2) is 10.1. The molecule has 4 unspecified atom stereocenters. The molecule has 6 heteroatoms. The molecule has 4 atom stereocenters. The third-order valence-electron chi connectivity index (χ3n) is 6.48. The normalized spacial score (nSPS) is 23.8. The zero-order valence-electron chi connectivity index (χ0n) is 17.9. The molecule has 0 aromatic heterocycles. The van der Waals surface area contributed by atoms with Crippen LogP contribution in [0.2, 0.25) is 0 Å². The highest BCUT2D eigenvalue weighted by Crippen LogP contribution is 2.49. The number of methoxy groups -OCH3 is 1. The molecule has 2 amide bonds. The Morgan fingerprint density at radius 1 is 1.17 bits per heavy atom. The zero-order chi connectivity index (χ0) is 20.8. The van der Waals surface area contributed by atoms with E-state index in [2.05, 4.69) is 24.5 Å². The number of nitrogens with zero attached hydrogens (tertiary/aromatic N) is 1. The van der Waals surface area contributed by atoms with Gasteiger partial charge in [-0.3, -0.25) is 14.5 Å². The number of nitrogens with one attached hydrogen (secondary N) is 2. The molecule has 0 saturated heterocycles. The second-order valence-corrected chi connectivity index (χ2v) is 8.65. The summed E-state index contributed by atoms with van der Waals surface area (Å²) >= 11 is 0. The van der Waals surface area contributed by atoms with Crippen LogP contribution in [0.4, 0.5) is 5.69 Å². The first-order chi connectivity index (χ1) is 14.0. The van der Waals surface area contributed by atoms with Crippen molar-refractivity contribution >= 4 is 17.5 Å². The lowest BCUT2D eigenvalue weighted by Crippen LogP contribution is -2.46. The van der Waals surface area contributed by atoms with Crippen LogP contribution in [0.25, 0.3) is 0 Å². The average molecular weight is 402 g/mol. The molecule has 3 rings (SSSR count). The predicted molar refractivity (Wildman–Crippen MR) is 115 cm³/mol. The summed E-state index contributed by atoms with van der Waals surface area (Å²) in [6, 6.07) is 7.55. The quantitative estimate of drug-likeness (QED) is 0.631. The van der Waals surface area contributed by atoms with Crippen molar-refractivity contribution in [3.05, 3.63) is 24.3 Å². The number of ether oxygens (including phenoxy) is 1. The van der Waals surface area contributed by atoms with Gasteiger partial charge >= 0.3 is 0 Å². The van der Waals surface area contributed by atoms with E-state index in [0.717, 1.165) is 18.3 Å². The molecular weight excluding hydrogens is 366 g/mol. The van der Waals surface area contributed by atoms with Gasteiger partial charge in [-0.15, -0.1) is 0 Å². The minimum absolute atomic E-state index is 0.0128. The van der Waals surface area contributed by atoms with Crippen molar-refractivity contribution in [2.45, 2.75) is 52.0 Å². The van der Waals surface area contributed by atoms with Gasteiger partial charge in [0, 0.05) is 6.04 Å². The van der Waals surface area contributed by atoms with Crippen LogP contribution in [-0.2, 0) is 9.59 Å². The van der Waals surface area contributed by atoms with Crippen LogP contribution < -0.4 is 15.4 Å². The van der Waals surface area contributed by atoms with Gasteiger partial charge in [0.2, 0.25) is 11.8 Å². The second-order valence-electron chi connectivity index (χ2n) is 8.65. The molecule has 0 aliphatic heterocycles. The van der Waals surface area contributed by atoms with Crippen molar-refractivity contribution in [3.8, 4) is 5.75 Å². The van der Waals surface area contributed by atoms with Crippen molar-refractivity contribution in [1.82, 2.24) is 10.2 Å². The number of amides is 2. The summed E-state index contributed by atoms with van der Waals surface area (Å²) < 4.78 is 5.28. The van der Waals surface area contributed by atoms with Crippen molar-refractivity contribution in [1.29, 1.82) is 0 Å². The maximum atomic E-state index is 12.6. The van der Waals surface area contributed by atoms with Crippen LogP contribution in [0.5, 0.6) is 5.75 Å². The first kappa shape index (κ1) is 21.6. The smallest absolute Gasteiger partial charge is 0.238 e. The molecule has 1 aromatic rings. The number of fused-ring (bicyclic) bond motifs is 2. The summed E-state index contributed by atoms with van der Waals surface area (Å²) in [5.41, 5.74) is 0.644. The Hall–Kier alpha value is -2.08. The monoisotopic (exact) mass is 401 g/mol. The van der Waals surface area contributed by atoms with Crippen LogP contribution >= 0.6 is 0 Å². The number of rotatable bonds is 10. The maximum Gasteiger partial charge on any atom is 0.238 e. The Morgan fingerprint density at radius 3 is 2.59 bits per heavy atom. The highest BCUT2D eigenvalue weighted by atomic mass is 16.5. The van der Waals surface area contributed by atoms with Crippen LogP contribution in [0.3, 0.4) is 0 Å². The molecule has 2 fully saturated rings. The van der Waals surface area contributed by atoms with Crippen LogP contribution in [-0.4, -0.2) is 49.5 Å². The molecule has 2 N–H and O–H groups in total. The number of anilines is 1. The Labute approximate surface area is 174 Å². The average Bonchev–Trinajstić information content (AvgIpc) is 3.32. The largest absolute Gasteiger partial charge is 0.495 e. The molecule has 2 aliphatic rings. The summed E-state index contributed by atoms with van der Waals surface area (Å²) in [5.74, 6) is 2.77. The summed E-state index contributed by atoms with van der Waals surface area (Å²) in [6.45, 7) is 5.33. The van der Waals surface area contributed by atoms with Gasteiger partial charge in [-0.25, -0.2) is 0 Å². The number of carbonyl (C=O) groups is 2. The first-order valence-corrected chi connectivity index (χ1v) is 10.9. The van der Waals surface area contributed by atoms with E-state index in [4.69, 9.17) is 4.74 Å². The molecule has 6 nitrogen and oxygen atoms in total. The fraction of sp³-hybridized carbons (Fsp3) is 0.652. The predicted octanol–water partition coefficient (Wildman–Crippen LogP) is 3.29. The molecule has 1 aromatic carbocycles. The van der Waals surface area contributed by atoms with E-state index in [1.807, 2.05) is 29.2 Å². The molecular formula is C23H35N3O3. The summed E-state index contributed by atoms with van der Waals surface area (Å²) in [4.78, 5) is 27.1. The van der Waals surface area contributed by atoms with Gasteiger partial charge in [-0.1, -0.05) is 25.5 Å². The van der Waals surface area contributed by atoms with Gasteiger partial charge in [0.1, 0.15) is 5.75 Å². The van der Waals surface area contributed by atoms with Crippen molar-refractivity contribution in [2.24, 2.45) is 17.8 Å². The minimum Gasteiger partial charge on any atom is -0.495 e. The fourth-order valence-electron chi connectivity index (χ4n) is 5.19. The van der Waals surface area contributed by atoms with E-state index < -0.39 is 0 Å². The maximum absolute atomic E-state index is 12.6.